The van der Waals surface area contributed by atoms with Gasteiger partial charge in [0.2, 0.25) is 11.8 Å². The van der Waals surface area contributed by atoms with Crippen LogP contribution < -0.4 is 5.32 Å². The van der Waals surface area contributed by atoms with E-state index in [1.54, 1.807) is 35.1 Å². The van der Waals surface area contributed by atoms with Crippen LogP contribution >= 0.6 is 0 Å². The predicted molar refractivity (Wildman–Crippen MR) is 133 cm³/mol. The Balaban J connectivity index is 1.59. The van der Waals surface area contributed by atoms with E-state index in [1.165, 1.54) is 13.0 Å². The molecule has 0 unspecified atom stereocenters. The number of nitrogens with zero attached hydrogens (tertiary/aromatic N) is 4. The Morgan fingerprint density at radius 1 is 1.03 bits per heavy atom. The van der Waals surface area contributed by atoms with Gasteiger partial charge in [0.25, 0.3) is 0 Å². The Morgan fingerprint density at radius 2 is 1.79 bits per heavy atom. The molecule has 7 nitrogen and oxygen atoms in total. The van der Waals surface area contributed by atoms with Crippen molar-refractivity contribution in [1.29, 1.82) is 0 Å². The highest BCUT2D eigenvalue weighted by Gasteiger charge is 2.12. The van der Waals surface area contributed by atoms with Gasteiger partial charge in [-0.2, -0.15) is 5.10 Å². The molecule has 0 aliphatic rings. The van der Waals surface area contributed by atoms with E-state index in [9.17, 15) is 9.59 Å². The molecule has 0 saturated heterocycles. The molecule has 0 fully saturated rings. The lowest BCUT2D eigenvalue weighted by atomic mass is 10.1. The van der Waals surface area contributed by atoms with Crippen LogP contribution in [0.2, 0.25) is 0 Å². The highest BCUT2D eigenvalue weighted by molar-refractivity contribution is 6.02. The number of carbonyl (C=O) groups excluding carboxylic acids is 2. The number of rotatable bonds is 7. The standard InChI is InChI=1S/C27H25N5O2/c1-20(33)31(2)18-22-9-6-7-13-25(22)29-26(34)15-14-23-19-32(24-11-4-3-5-12-24)30-27(23)21-10-8-16-28-17-21/h3-17,19H,18H2,1-2H3,(H,29,34)/b15-14+. The molecule has 0 aliphatic heterocycles. The van der Waals surface area contributed by atoms with Crippen LogP contribution in [0.1, 0.15) is 18.1 Å². The second-order valence-corrected chi connectivity index (χ2v) is 7.81. The third kappa shape index (κ3) is 5.45. The van der Waals surface area contributed by atoms with Gasteiger partial charge in [-0.3, -0.25) is 14.6 Å². The van der Waals surface area contributed by atoms with Crippen LogP contribution in [-0.2, 0) is 16.1 Å². The van der Waals surface area contributed by atoms with E-state index in [-0.39, 0.29) is 11.8 Å². The summed E-state index contributed by atoms with van der Waals surface area (Å²) >= 11 is 0. The number of benzene rings is 2. The second-order valence-electron chi connectivity index (χ2n) is 7.81. The highest BCUT2D eigenvalue weighted by atomic mass is 16.2. The number of amides is 2. The molecule has 4 rings (SSSR count). The van der Waals surface area contributed by atoms with Crippen LogP contribution in [0.25, 0.3) is 23.0 Å². The predicted octanol–water partition coefficient (Wildman–Crippen LogP) is 4.56. The van der Waals surface area contributed by atoms with Crippen LogP contribution in [-0.4, -0.2) is 38.5 Å². The molecular weight excluding hydrogens is 426 g/mol. The van der Waals surface area contributed by atoms with Crippen molar-refractivity contribution < 1.29 is 9.59 Å². The minimum atomic E-state index is -0.275. The van der Waals surface area contributed by atoms with Crippen molar-refractivity contribution in [3.63, 3.8) is 0 Å². The largest absolute Gasteiger partial charge is 0.342 e. The van der Waals surface area contributed by atoms with Gasteiger partial charge >= 0.3 is 0 Å². The molecule has 0 saturated carbocycles. The number of para-hydroxylation sites is 2. The van der Waals surface area contributed by atoms with Gasteiger partial charge in [0.05, 0.1) is 5.69 Å². The first kappa shape index (κ1) is 22.7. The lowest BCUT2D eigenvalue weighted by Gasteiger charge is -2.17. The van der Waals surface area contributed by atoms with E-state index in [1.807, 2.05) is 72.9 Å². The Morgan fingerprint density at radius 3 is 2.53 bits per heavy atom. The maximum atomic E-state index is 12.8. The summed E-state index contributed by atoms with van der Waals surface area (Å²) in [6.07, 6.45) is 8.57. The van der Waals surface area contributed by atoms with Crippen molar-refractivity contribution >= 4 is 23.6 Å². The molecule has 1 N–H and O–H groups in total. The zero-order valence-electron chi connectivity index (χ0n) is 19.1. The van der Waals surface area contributed by atoms with Crippen molar-refractivity contribution in [2.45, 2.75) is 13.5 Å². The number of hydrogen-bond donors (Lipinski definition) is 1. The molecule has 0 bridgehead atoms. The number of nitrogens with one attached hydrogen (secondary N) is 1. The molecular formula is C27H25N5O2. The minimum absolute atomic E-state index is 0.0422. The molecule has 170 valence electrons. The third-order valence-corrected chi connectivity index (χ3v) is 5.33. The summed E-state index contributed by atoms with van der Waals surface area (Å²) < 4.78 is 1.78. The summed E-state index contributed by atoms with van der Waals surface area (Å²) in [5, 5.41) is 7.65. The van der Waals surface area contributed by atoms with Gasteiger partial charge in [-0.25, -0.2) is 4.68 Å². The van der Waals surface area contributed by atoms with Gasteiger partial charge in [-0.15, -0.1) is 0 Å². The Kier molecular flexibility index (Phi) is 6.93. The second kappa shape index (κ2) is 10.4. The van der Waals surface area contributed by atoms with Gasteiger partial charge in [-0.1, -0.05) is 36.4 Å². The van der Waals surface area contributed by atoms with Crippen molar-refractivity contribution in [2.75, 3.05) is 12.4 Å². The zero-order valence-corrected chi connectivity index (χ0v) is 19.1. The van der Waals surface area contributed by atoms with E-state index in [0.717, 1.165) is 28.1 Å². The van der Waals surface area contributed by atoms with Gasteiger partial charge in [-0.05, 0) is 42.0 Å². The highest BCUT2D eigenvalue weighted by Crippen LogP contribution is 2.24. The fourth-order valence-corrected chi connectivity index (χ4v) is 3.44. The molecule has 7 heteroatoms. The minimum Gasteiger partial charge on any atom is -0.342 e. The molecule has 4 aromatic rings. The Bertz CT molecular complexity index is 1310. The summed E-state index contributed by atoms with van der Waals surface area (Å²) in [5.41, 5.74) is 4.81. The van der Waals surface area contributed by atoms with Crippen molar-refractivity contribution in [3.05, 3.63) is 103 Å². The lowest BCUT2D eigenvalue weighted by Crippen LogP contribution is -2.24. The smallest absolute Gasteiger partial charge is 0.248 e. The Hall–Kier alpha value is -4.52. The molecule has 0 aliphatic carbocycles. The van der Waals surface area contributed by atoms with E-state index in [0.29, 0.717) is 12.2 Å². The number of aromatic nitrogens is 3. The topological polar surface area (TPSA) is 80.1 Å². The molecule has 0 atom stereocenters. The number of anilines is 1. The van der Waals surface area contributed by atoms with Crippen LogP contribution in [0.15, 0.2) is 91.4 Å². The maximum Gasteiger partial charge on any atom is 0.248 e. The lowest BCUT2D eigenvalue weighted by molar-refractivity contribution is -0.128. The van der Waals surface area contributed by atoms with Gasteiger partial charge in [0, 0.05) is 62.0 Å². The van der Waals surface area contributed by atoms with Crippen molar-refractivity contribution in [2.24, 2.45) is 0 Å². The molecule has 0 radical (unpaired) electrons. The molecule has 34 heavy (non-hydrogen) atoms. The van der Waals surface area contributed by atoms with Gasteiger partial charge < -0.3 is 10.2 Å². The van der Waals surface area contributed by atoms with E-state index >= 15 is 0 Å². The summed E-state index contributed by atoms with van der Waals surface area (Å²) in [4.78, 5) is 30.2. The molecule has 2 aromatic heterocycles. The number of carbonyl (C=O) groups is 2. The first-order valence-corrected chi connectivity index (χ1v) is 10.9. The van der Waals surface area contributed by atoms with Gasteiger partial charge in [0.1, 0.15) is 5.69 Å². The number of pyridine rings is 1. The molecule has 2 amide bonds. The Labute approximate surface area is 198 Å². The summed E-state index contributed by atoms with van der Waals surface area (Å²) in [6, 6.07) is 21.0. The van der Waals surface area contributed by atoms with Gasteiger partial charge in [0.15, 0.2) is 0 Å². The fourth-order valence-electron chi connectivity index (χ4n) is 3.44. The number of hydrogen-bond acceptors (Lipinski definition) is 4. The van der Waals surface area contributed by atoms with E-state index in [2.05, 4.69) is 10.3 Å². The fraction of sp³-hybridized carbons (Fsp3) is 0.111. The SMILES string of the molecule is CC(=O)N(C)Cc1ccccc1NC(=O)/C=C/c1cn(-c2ccccc2)nc1-c1cccnc1. The molecule has 2 aromatic carbocycles. The van der Waals surface area contributed by atoms with Crippen LogP contribution in [0.3, 0.4) is 0 Å². The van der Waals surface area contributed by atoms with E-state index < -0.39 is 0 Å². The van der Waals surface area contributed by atoms with Crippen LogP contribution in [0.4, 0.5) is 5.69 Å². The van der Waals surface area contributed by atoms with Crippen molar-refractivity contribution in [3.8, 4) is 16.9 Å². The normalized spacial score (nSPS) is 10.9. The zero-order chi connectivity index (χ0) is 23.9. The first-order chi connectivity index (χ1) is 16.5. The van der Waals surface area contributed by atoms with Crippen molar-refractivity contribution in [1.82, 2.24) is 19.7 Å². The van der Waals surface area contributed by atoms with Crippen LogP contribution in [0.5, 0.6) is 0 Å². The first-order valence-electron chi connectivity index (χ1n) is 10.9. The monoisotopic (exact) mass is 451 g/mol. The summed E-state index contributed by atoms with van der Waals surface area (Å²) in [5.74, 6) is -0.318. The third-order valence-electron chi connectivity index (χ3n) is 5.33. The quantitative estimate of drug-likeness (QED) is 0.418. The maximum absolute atomic E-state index is 12.8. The van der Waals surface area contributed by atoms with E-state index in [4.69, 9.17) is 5.10 Å². The molecule has 0 spiro atoms. The summed E-state index contributed by atoms with van der Waals surface area (Å²) in [7, 11) is 1.73. The van der Waals surface area contributed by atoms with Crippen LogP contribution in [0, 0.1) is 0 Å². The average molecular weight is 452 g/mol. The summed E-state index contributed by atoms with van der Waals surface area (Å²) in [6.45, 7) is 1.92. The molecule has 2 heterocycles. The average Bonchev–Trinajstić information content (AvgIpc) is 3.29.